The molecule has 0 saturated carbocycles. The van der Waals surface area contributed by atoms with Gasteiger partial charge in [-0.25, -0.2) is 4.98 Å². The topological polar surface area (TPSA) is 389 Å². The van der Waals surface area contributed by atoms with Gasteiger partial charge in [-0.05, 0) is 49.3 Å². The third-order valence-electron chi connectivity index (χ3n) is 9.70. The van der Waals surface area contributed by atoms with E-state index in [1.54, 1.807) is 27.7 Å². The first kappa shape index (κ1) is 51.4. The molecule has 342 valence electrons. The number of carboxylic acid groups (broad SMARTS) is 2. The molecule has 0 bridgehead atoms. The molecular formula is C39H60N12O11. The predicted molar refractivity (Wildman–Crippen MR) is 223 cm³/mol. The average Bonchev–Trinajstić information content (AvgIpc) is 3.72. The van der Waals surface area contributed by atoms with Crippen molar-refractivity contribution in [2.45, 2.75) is 115 Å². The molecule has 2 aromatic rings. The number of rotatable bonds is 26. The number of phenolic OH excluding ortho intramolecular Hbond substituents is 1. The highest BCUT2D eigenvalue weighted by atomic mass is 16.4. The number of imidazole rings is 1. The van der Waals surface area contributed by atoms with Crippen LogP contribution in [-0.4, -0.2) is 127 Å². The molecule has 23 heteroatoms. The highest BCUT2D eigenvalue weighted by Gasteiger charge is 2.36. The van der Waals surface area contributed by atoms with Crippen LogP contribution in [0.3, 0.4) is 0 Å². The van der Waals surface area contributed by atoms with Crippen LogP contribution in [-0.2, 0) is 51.2 Å². The van der Waals surface area contributed by atoms with Crippen LogP contribution in [0.1, 0.15) is 71.6 Å². The van der Waals surface area contributed by atoms with Crippen molar-refractivity contribution in [2.75, 3.05) is 6.54 Å². The second kappa shape index (κ2) is 25.1. The van der Waals surface area contributed by atoms with Gasteiger partial charge in [0.15, 0.2) is 5.96 Å². The van der Waals surface area contributed by atoms with Gasteiger partial charge in [0.05, 0.1) is 18.8 Å². The Bertz CT molecular complexity index is 1870. The Kier molecular flexibility index (Phi) is 20.8. The van der Waals surface area contributed by atoms with Crippen LogP contribution in [0.25, 0.3) is 0 Å². The zero-order chi connectivity index (χ0) is 46.7. The van der Waals surface area contributed by atoms with Crippen LogP contribution in [0.4, 0.5) is 0 Å². The third kappa shape index (κ3) is 17.4. The number of nitrogens with zero attached hydrogens (tertiary/aromatic N) is 2. The van der Waals surface area contributed by atoms with Gasteiger partial charge in [0, 0.05) is 31.3 Å². The molecule has 62 heavy (non-hydrogen) atoms. The summed E-state index contributed by atoms with van der Waals surface area (Å²) < 4.78 is 0. The third-order valence-corrected chi connectivity index (χ3v) is 9.70. The number of aromatic amines is 1. The number of nitrogens with two attached hydrogens (primary N) is 3. The Labute approximate surface area is 358 Å². The van der Waals surface area contributed by atoms with Crippen LogP contribution in [0.15, 0.2) is 41.8 Å². The molecule has 0 aliphatic rings. The van der Waals surface area contributed by atoms with Gasteiger partial charge < -0.3 is 69.4 Å². The molecule has 2 rings (SSSR count). The van der Waals surface area contributed by atoms with E-state index >= 15 is 0 Å². The standard InChI is InChI=1S/C39H60N12O11/c1-6-20(4)31(37(60)49-28(15-23-17-43-18-45-23)34(57)46-21(5)38(61)62)51-35(58)27(14-22-9-11-24(52)12-10-22)48-36(59)30(19(2)3)50-33(56)26(8-7-13-44-39(41)42)47-32(55)25(40)16-29(53)54/h9-12,17-21,25-28,30-31,52H,6-8,13-16,40H2,1-5H3,(H,43,45)(H,46,57)(H,47,55)(H,48,59)(H,49,60)(H,50,56)(H,51,58)(H,53,54)(H,61,62)(H4,41,42,44). The van der Waals surface area contributed by atoms with Crippen molar-refractivity contribution in [3.05, 3.63) is 48.0 Å². The quantitative estimate of drug-likeness (QED) is 0.0263. The summed E-state index contributed by atoms with van der Waals surface area (Å²) in [5.74, 6) is -9.08. The van der Waals surface area contributed by atoms with Gasteiger partial charge in [0.1, 0.15) is 42.0 Å². The van der Waals surface area contributed by atoms with Crippen molar-refractivity contribution in [1.29, 1.82) is 0 Å². The summed E-state index contributed by atoms with van der Waals surface area (Å²) in [5.41, 5.74) is 17.4. The smallest absolute Gasteiger partial charge is 0.325 e. The number of guanidine groups is 1. The lowest BCUT2D eigenvalue weighted by Gasteiger charge is -2.30. The molecule has 0 aliphatic carbocycles. The number of aromatic hydroxyl groups is 1. The molecule has 0 spiro atoms. The highest BCUT2D eigenvalue weighted by molar-refractivity contribution is 5.97. The van der Waals surface area contributed by atoms with E-state index in [-0.39, 0.29) is 43.9 Å². The maximum absolute atomic E-state index is 14.2. The SMILES string of the molecule is CCC(C)C(NC(=O)C(Cc1ccc(O)cc1)NC(=O)C(NC(=O)C(CCCN=C(N)N)NC(=O)C(N)CC(=O)O)C(C)C)C(=O)NC(Cc1cnc[nH]1)C(=O)NC(C)C(=O)O. The Balaban J connectivity index is 2.43. The van der Waals surface area contributed by atoms with E-state index in [2.05, 4.69) is 46.9 Å². The normalized spacial score (nSPS) is 14.9. The van der Waals surface area contributed by atoms with Gasteiger partial charge in [0.2, 0.25) is 35.4 Å². The molecule has 16 N–H and O–H groups in total. The number of aliphatic imine (C=N–C) groups is 1. The molecule has 1 aromatic carbocycles. The Morgan fingerprint density at radius 3 is 1.82 bits per heavy atom. The van der Waals surface area contributed by atoms with Crippen LogP contribution >= 0.6 is 0 Å². The number of benzene rings is 1. The molecule has 0 fully saturated rings. The Morgan fingerprint density at radius 1 is 0.742 bits per heavy atom. The fourth-order valence-corrected chi connectivity index (χ4v) is 5.88. The number of nitrogens with one attached hydrogen (secondary N) is 7. The fraction of sp³-hybridized carbons (Fsp3) is 0.538. The Morgan fingerprint density at radius 2 is 1.29 bits per heavy atom. The van der Waals surface area contributed by atoms with Gasteiger partial charge >= 0.3 is 11.9 Å². The summed E-state index contributed by atoms with van der Waals surface area (Å²) >= 11 is 0. The summed E-state index contributed by atoms with van der Waals surface area (Å²) in [5, 5.41) is 43.7. The summed E-state index contributed by atoms with van der Waals surface area (Å²) in [4.78, 5) is 115. The number of hydrogen-bond donors (Lipinski definition) is 13. The molecule has 1 heterocycles. The van der Waals surface area contributed by atoms with Crippen LogP contribution in [0.5, 0.6) is 5.75 Å². The number of carbonyl (C=O) groups is 8. The molecule has 23 nitrogen and oxygen atoms in total. The predicted octanol–water partition coefficient (Wildman–Crippen LogP) is -2.53. The fourth-order valence-electron chi connectivity index (χ4n) is 5.88. The number of H-pyrrole nitrogens is 1. The summed E-state index contributed by atoms with van der Waals surface area (Å²) in [6.45, 7) is 8.01. The van der Waals surface area contributed by atoms with Crippen molar-refractivity contribution in [3.63, 3.8) is 0 Å². The van der Waals surface area contributed by atoms with Gasteiger partial charge in [-0.3, -0.25) is 43.3 Å². The van der Waals surface area contributed by atoms with E-state index in [9.17, 15) is 48.6 Å². The van der Waals surface area contributed by atoms with E-state index in [1.165, 1.54) is 43.7 Å². The van der Waals surface area contributed by atoms with E-state index in [1.807, 2.05) is 0 Å². The number of hydrogen-bond acceptors (Lipinski definition) is 12. The minimum absolute atomic E-state index is 0.0471. The van der Waals surface area contributed by atoms with Crippen LogP contribution in [0.2, 0.25) is 0 Å². The Hall–Kier alpha value is -6.78. The lowest BCUT2D eigenvalue weighted by atomic mass is 9.96. The summed E-state index contributed by atoms with van der Waals surface area (Å²) in [6, 6.07) is -3.61. The zero-order valence-corrected chi connectivity index (χ0v) is 35.3. The first-order chi connectivity index (χ1) is 29.1. The van der Waals surface area contributed by atoms with Crippen LogP contribution < -0.4 is 49.1 Å². The number of phenols is 1. The van der Waals surface area contributed by atoms with Crippen molar-refractivity contribution in [1.82, 2.24) is 41.9 Å². The maximum atomic E-state index is 14.2. The molecule has 6 amide bonds. The zero-order valence-electron chi connectivity index (χ0n) is 35.3. The first-order valence-corrected chi connectivity index (χ1v) is 20.0. The molecule has 0 saturated heterocycles. The lowest BCUT2D eigenvalue weighted by Crippen LogP contribution is -2.61. The minimum Gasteiger partial charge on any atom is -0.508 e. The largest absolute Gasteiger partial charge is 0.508 e. The first-order valence-electron chi connectivity index (χ1n) is 20.0. The molecule has 8 atom stereocenters. The monoisotopic (exact) mass is 872 g/mol. The number of carboxylic acids is 2. The lowest BCUT2D eigenvalue weighted by molar-refractivity contribution is -0.142. The van der Waals surface area contributed by atoms with Gasteiger partial charge in [0.25, 0.3) is 0 Å². The van der Waals surface area contributed by atoms with E-state index < -0.39 is 108 Å². The number of carbonyl (C=O) groups excluding carboxylic acids is 6. The van der Waals surface area contributed by atoms with Crippen molar-refractivity contribution < 1.29 is 53.7 Å². The van der Waals surface area contributed by atoms with Gasteiger partial charge in [-0.2, -0.15) is 0 Å². The highest BCUT2D eigenvalue weighted by Crippen LogP contribution is 2.15. The molecular weight excluding hydrogens is 813 g/mol. The van der Waals surface area contributed by atoms with E-state index in [0.717, 1.165) is 0 Å². The molecule has 0 aliphatic heterocycles. The molecule has 1 aromatic heterocycles. The van der Waals surface area contributed by atoms with Crippen LogP contribution in [0, 0.1) is 11.8 Å². The van der Waals surface area contributed by atoms with E-state index in [0.29, 0.717) is 17.7 Å². The maximum Gasteiger partial charge on any atom is 0.325 e. The molecule has 8 unspecified atom stereocenters. The van der Waals surface area contributed by atoms with Crippen molar-refractivity contribution in [2.24, 2.45) is 34.0 Å². The number of aliphatic carboxylic acids is 2. The van der Waals surface area contributed by atoms with Gasteiger partial charge in [-0.15, -0.1) is 0 Å². The van der Waals surface area contributed by atoms with E-state index in [4.69, 9.17) is 22.3 Å². The van der Waals surface area contributed by atoms with Crippen molar-refractivity contribution in [3.8, 4) is 5.75 Å². The number of amides is 6. The second-order valence-corrected chi connectivity index (χ2v) is 15.2. The minimum atomic E-state index is -1.50. The van der Waals surface area contributed by atoms with Crippen molar-refractivity contribution >= 4 is 53.3 Å². The second-order valence-electron chi connectivity index (χ2n) is 15.2. The van der Waals surface area contributed by atoms with Gasteiger partial charge in [-0.1, -0.05) is 46.2 Å². The number of aromatic nitrogens is 2. The summed E-state index contributed by atoms with van der Waals surface area (Å²) in [6.07, 6.45) is 2.30. The molecule has 0 radical (unpaired) electrons. The average molecular weight is 873 g/mol. The summed E-state index contributed by atoms with van der Waals surface area (Å²) in [7, 11) is 0.